The second-order valence-corrected chi connectivity index (χ2v) is 6.10. The summed E-state index contributed by atoms with van der Waals surface area (Å²) in [5.41, 5.74) is 4.42. The highest BCUT2D eigenvalue weighted by Crippen LogP contribution is 2.18. The van der Waals surface area contributed by atoms with Crippen molar-refractivity contribution in [3.63, 3.8) is 0 Å². The summed E-state index contributed by atoms with van der Waals surface area (Å²) < 4.78 is 0. The van der Waals surface area contributed by atoms with Crippen LogP contribution in [-0.4, -0.2) is 5.91 Å². The van der Waals surface area contributed by atoms with E-state index in [1.54, 1.807) is 11.3 Å². The largest absolute Gasteiger partial charge is 0.345 e. The van der Waals surface area contributed by atoms with Crippen LogP contribution in [0.5, 0.6) is 0 Å². The van der Waals surface area contributed by atoms with Gasteiger partial charge in [-0.2, -0.15) is 0 Å². The molecule has 0 saturated heterocycles. The van der Waals surface area contributed by atoms with Gasteiger partial charge in [0.15, 0.2) is 0 Å². The van der Waals surface area contributed by atoms with Gasteiger partial charge in [0, 0.05) is 10.3 Å². The lowest BCUT2D eigenvalue weighted by Gasteiger charge is -2.15. The van der Waals surface area contributed by atoms with Gasteiger partial charge in [-0.05, 0) is 50.5 Å². The summed E-state index contributed by atoms with van der Waals surface area (Å²) in [4.78, 5) is 13.2. The lowest BCUT2D eigenvalue weighted by molar-refractivity contribution is 0.0940. The maximum absolute atomic E-state index is 12.1. The molecule has 2 rings (SSSR count). The molecule has 0 radical (unpaired) electrons. The molecule has 0 aliphatic rings. The topological polar surface area (TPSA) is 29.1 Å². The predicted octanol–water partition coefficient (Wildman–Crippen LogP) is 4.16. The third-order valence-corrected chi connectivity index (χ3v) is 4.23. The minimum Gasteiger partial charge on any atom is -0.345 e. The van der Waals surface area contributed by atoms with Crippen LogP contribution in [0, 0.1) is 20.8 Å². The van der Waals surface area contributed by atoms with Crippen LogP contribution in [0.3, 0.4) is 0 Å². The van der Waals surface area contributed by atoms with Gasteiger partial charge in [-0.25, -0.2) is 0 Å². The molecule has 1 aromatic carbocycles. The Morgan fingerprint density at radius 2 is 1.89 bits per heavy atom. The van der Waals surface area contributed by atoms with Gasteiger partial charge in [0.1, 0.15) is 0 Å². The predicted molar refractivity (Wildman–Crippen MR) is 80.9 cm³/mol. The molecule has 0 aliphatic heterocycles. The number of carbonyl (C=O) groups is 1. The van der Waals surface area contributed by atoms with Crippen molar-refractivity contribution in [3.8, 4) is 0 Å². The van der Waals surface area contributed by atoms with E-state index in [2.05, 4.69) is 37.4 Å². The molecule has 0 bridgehead atoms. The second-order valence-electron chi connectivity index (χ2n) is 4.98. The van der Waals surface area contributed by atoms with Gasteiger partial charge in [-0.15, -0.1) is 11.3 Å². The second kappa shape index (κ2) is 5.57. The van der Waals surface area contributed by atoms with Gasteiger partial charge in [0.25, 0.3) is 5.91 Å². The SMILES string of the molecule is Cc1cc(C(=O)N[C@H](C)c2ccc(C)c(C)c2)cs1. The number of aryl methyl sites for hydroxylation is 3. The van der Waals surface area contributed by atoms with Crippen LogP contribution in [0.1, 0.15) is 44.9 Å². The molecule has 1 heterocycles. The van der Waals surface area contributed by atoms with Crippen LogP contribution in [-0.2, 0) is 0 Å². The molecule has 1 amide bonds. The van der Waals surface area contributed by atoms with E-state index in [4.69, 9.17) is 0 Å². The summed E-state index contributed by atoms with van der Waals surface area (Å²) in [6, 6.07) is 8.26. The van der Waals surface area contributed by atoms with Gasteiger partial charge in [0.2, 0.25) is 0 Å². The molecule has 2 nitrogen and oxygen atoms in total. The number of amides is 1. The zero-order valence-corrected chi connectivity index (χ0v) is 12.6. The third kappa shape index (κ3) is 3.24. The minimum atomic E-state index is -0.00456. The van der Waals surface area contributed by atoms with Gasteiger partial charge < -0.3 is 5.32 Å². The van der Waals surface area contributed by atoms with Crippen molar-refractivity contribution in [3.05, 3.63) is 56.8 Å². The van der Waals surface area contributed by atoms with Crippen molar-refractivity contribution in [1.29, 1.82) is 0 Å². The number of nitrogens with one attached hydrogen (secondary N) is 1. The van der Waals surface area contributed by atoms with Crippen LogP contribution < -0.4 is 5.32 Å². The first-order chi connectivity index (χ1) is 8.97. The van der Waals surface area contributed by atoms with E-state index < -0.39 is 0 Å². The van der Waals surface area contributed by atoms with Crippen LogP contribution in [0.4, 0.5) is 0 Å². The van der Waals surface area contributed by atoms with Crippen LogP contribution >= 0.6 is 11.3 Å². The number of benzene rings is 1. The molecule has 0 aliphatic carbocycles. The number of hydrogen-bond donors (Lipinski definition) is 1. The highest BCUT2D eigenvalue weighted by molar-refractivity contribution is 7.10. The van der Waals surface area contributed by atoms with E-state index in [1.165, 1.54) is 11.1 Å². The van der Waals surface area contributed by atoms with Crippen molar-refractivity contribution in [2.24, 2.45) is 0 Å². The molecular weight excluding hydrogens is 254 g/mol. The first-order valence-electron chi connectivity index (χ1n) is 6.40. The molecular formula is C16H19NOS. The molecule has 0 saturated carbocycles. The van der Waals surface area contributed by atoms with Crippen LogP contribution in [0.15, 0.2) is 29.6 Å². The Kier molecular flexibility index (Phi) is 4.05. The Labute approximate surface area is 118 Å². The molecule has 1 N–H and O–H groups in total. The number of rotatable bonds is 3. The minimum absolute atomic E-state index is 0.00456. The first-order valence-corrected chi connectivity index (χ1v) is 7.28. The average Bonchev–Trinajstić information content (AvgIpc) is 2.79. The quantitative estimate of drug-likeness (QED) is 0.893. The summed E-state index contributed by atoms with van der Waals surface area (Å²) >= 11 is 1.60. The fraction of sp³-hybridized carbons (Fsp3) is 0.312. The highest BCUT2D eigenvalue weighted by atomic mass is 32.1. The van der Waals surface area contributed by atoms with Crippen molar-refractivity contribution in [1.82, 2.24) is 5.32 Å². The van der Waals surface area contributed by atoms with E-state index >= 15 is 0 Å². The van der Waals surface area contributed by atoms with Crippen molar-refractivity contribution >= 4 is 17.2 Å². The summed E-state index contributed by atoms with van der Waals surface area (Å²) in [7, 11) is 0. The van der Waals surface area contributed by atoms with E-state index in [-0.39, 0.29) is 11.9 Å². The monoisotopic (exact) mass is 273 g/mol. The maximum atomic E-state index is 12.1. The fourth-order valence-corrected chi connectivity index (χ4v) is 2.64. The van der Waals surface area contributed by atoms with Crippen molar-refractivity contribution in [2.75, 3.05) is 0 Å². The molecule has 100 valence electrons. The summed E-state index contributed by atoms with van der Waals surface area (Å²) in [6.45, 7) is 8.21. The number of carbonyl (C=O) groups excluding carboxylic acids is 1. The lowest BCUT2D eigenvalue weighted by atomic mass is 10.0. The molecule has 0 fully saturated rings. The van der Waals surface area contributed by atoms with Crippen molar-refractivity contribution in [2.45, 2.75) is 33.7 Å². The Morgan fingerprint density at radius 3 is 2.47 bits per heavy atom. The van der Waals surface area contributed by atoms with Gasteiger partial charge in [-0.1, -0.05) is 18.2 Å². The van der Waals surface area contributed by atoms with Gasteiger partial charge in [-0.3, -0.25) is 4.79 Å². The molecule has 2 aromatic rings. The summed E-state index contributed by atoms with van der Waals surface area (Å²) in [5, 5.41) is 4.94. The molecule has 3 heteroatoms. The Hall–Kier alpha value is -1.61. The Balaban J connectivity index is 2.10. The van der Waals surface area contributed by atoms with Crippen LogP contribution in [0.2, 0.25) is 0 Å². The number of hydrogen-bond acceptors (Lipinski definition) is 2. The summed E-state index contributed by atoms with van der Waals surface area (Å²) in [6.07, 6.45) is 0. The average molecular weight is 273 g/mol. The summed E-state index contributed by atoms with van der Waals surface area (Å²) in [5.74, 6) is -0.00456. The fourth-order valence-electron chi connectivity index (χ4n) is 1.96. The molecule has 1 aromatic heterocycles. The first kappa shape index (κ1) is 13.8. The Morgan fingerprint density at radius 1 is 1.16 bits per heavy atom. The van der Waals surface area contributed by atoms with Crippen molar-refractivity contribution < 1.29 is 4.79 Å². The van der Waals surface area contributed by atoms with E-state index in [0.717, 1.165) is 16.0 Å². The smallest absolute Gasteiger partial charge is 0.252 e. The Bertz CT molecular complexity index is 601. The van der Waals surface area contributed by atoms with E-state index in [0.29, 0.717) is 0 Å². The zero-order chi connectivity index (χ0) is 14.0. The van der Waals surface area contributed by atoms with Crippen LogP contribution in [0.25, 0.3) is 0 Å². The maximum Gasteiger partial charge on any atom is 0.252 e. The molecule has 19 heavy (non-hydrogen) atoms. The zero-order valence-electron chi connectivity index (χ0n) is 11.8. The normalized spacial score (nSPS) is 12.2. The highest BCUT2D eigenvalue weighted by Gasteiger charge is 2.12. The number of thiophene rings is 1. The standard InChI is InChI=1S/C16H19NOS/c1-10-5-6-14(7-11(10)2)13(4)17-16(18)15-8-12(3)19-9-15/h5-9,13H,1-4H3,(H,17,18)/t13-/m1/s1. The molecule has 0 spiro atoms. The van der Waals surface area contributed by atoms with E-state index in [1.807, 2.05) is 25.3 Å². The van der Waals surface area contributed by atoms with Gasteiger partial charge in [0.05, 0.1) is 11.6 Å². The lowest BCUT2D eigenvalue weighted by Crippen LogP contribution is -2.26. The third-order valence-electron chi connectivity index (χ3n) is 3.37. The molecule has 0 unspecified atom stereocenters. The molecule has 1 atom stereocenters. The van der Waals surface area contributed by atoms with E-state index in [9.17, 15) is 4.79 Å². The van der Waals surface area contributed by atoms with Gasteiger partial charge >= 0.3 is 0 Å².